The summed E-state index contributed by atoms with van der Waals surface area (Å²) in [5, 5.41) is 3.14. The van der Waals surface area contributed by atoms with Crippen LogP contribution in [0.25, 0.3) is 0 Å². The van der Waals surface area contributed by atoms with Crippen molar-refractivity contribution in [1.82, 2.24) is 14.9 Å². The standard InChI is InChI=1S/C15H19N3O/c1-16-11-15-17-6-8-18(15)7-4-12-2-3-14-13(10-12)5-9-19-14/h2-3,6,8,10,16H,4-5,7,9,11H2,1H3. The lowest BCUT2D eigenvalue weighted by atomic mass is 10.1. The van der Waals surface area contributed by atoms with Crippen molar-refractivity contribution >= 4 is 0 Å². The van der Waals surface area contributed by atoms with Crippen LogP contribution >= 0.6 is 0 Å². The summed E-state index contributed by atoms with van der Waals surface area (Å²) >= 11 is 0. The van der Waals surface area contributed by atoms with Gasteiger partial charge in [-0.15, -0.1) is 0 Å². The Morgan fingerprint density at radius 2 is 2.37 bits per heavy atom. The highest BCUT2D eigenvalue weighted by Gasteiger charge is 2.12. The number of nitrogens with one attached hydrogen (secondary N) is 1. The van der Waals surface area contributed by atoms with Gasteiger partial charge in [-0.25, -0.2) is 4.98 Å². The summed E-state index contributed by atoms with van der Waals surface area (Å²) in [6, 6.07) is 6.54. The van der Waals surface area contributed by atoms with Gasteiger partial charge in [0.1, 0.15) is 11.6 Å². The molecule has 0 atom stereocenters. The molecule has 3 rings (SSSR count). The number of hydrogen-bond donors (Lipinski definition) is 1. The number of fused-ring (bicyclic) bond motifs is 1. The number of benzene rings is 1. The number of ether oxygens (including phenoxy) is 1. The number of aromatic nitrogens is 2. The molecule has 0 amide bonds. The average molecular weight is 257 g/mol. The molecule has 19 heavy (non-hydrogen) atoms. The van der Waals surface area contributed by atoms with Crippen LogP contribution in [0.5, 0.6) is 5.75 Å². The summed E-state index contributed by atoms with van der Waals surface area (Å²) in [5.74, 6) is 2.15. The largest absolute Gasteiger partial charge is 0.493 e. The van der Waals surface area contributed by atoms with E-state index >= 15 is 0 Å². The van der Waals surface area contributed by atoms with Crippen LogP contribution in [-0.2, 0) is 25.9 Å². The molecule has 2 heterocycles. The van der Waals surface area contributed by atoms with E-state index < -0.39 is 0 Å². The van der Waals surface area contributed by atoms with E-state index in [0.29, 0.717) is 0 Å². The lowest BCUT2D eigenvalue weighted by Gasteiger charge is -2.08. The van der Waals surface area contributed by atoms with E-state index in [4.69, 9.17) is 4.74 Å². The Balaban J connectivity index is 1.67. The van der Waals surface area contributed by atoms with E-state index in [1.54, 1.807) is 0 Å². The van der Waals surface area contributed by atoms with Crippen LogP contribution < -0.4 is 10.1 Å². The molecule has 1 aliphatic heterocycles. The summed E-state index contributed by atoms with van der Waals surface area (Å²) in [5.41, 5.74) is 2.71. The predicted molar refractivity (Wildman–Crippen MR) is 74.3 cm³/mol. The van der Waals surface area contributed by atoms with Gasteiger partial charge in [-0.05, 0) is 30.7 Å². The highest BCUT2D eigenvalue weighted by molar-refractivity contribution is 5.39. The first kappa shape index (κ1) is 12.2. The van der Waals surface area contributed by atoms with E-state index in [-0.39, 0.29) is 0 Å². The molecular weight excluding hydrogens is 238 g/mol. The van der Waals surface area contributed by atoms with Crippen LogP contribution in [0, 0.1) is 0 Å². The second-order valence-electron chi connectivity index (χ2n) is 4.86. The van der Waals surface area contributed by atoms with Crippen molar-refractivity contribution in [2.75, 3.05) is 13.7 Å². The zero-order valence-corrected chi connectivity index (χ0v) is 11.2. The fraction of sp³-hybridized carbons (Fsp3) is 0.400. The Kier molecular flexibility index (Phi) is 3.51. The van der Waals surface area contributed by atoms with Crippen molar-refractivity contribution in [3.8, 4) is 5.75 Å². The number of imidazole rings is 1. The molecule has 1 aromatic heterocycles. The average Bonchev–Trinajstić information content (AvgIpc) is 3.05. The maximum absolute atomic E-state index is 5.53. The minimum absolute atomic E-state index is 0.811. The van der Waals surface area contributed by atoms with Crippen LogP contribution in [0.4, 0.5) is 0 Å². The Morgan fingerprint density at radius 1 is 1.42 bits per heavy atom. The molecule has 4 heteroatoms. The maximum Gasteiger partial charge on any atom is 0.122 e. The van der Waals surface area contributed by atoms with Crippen molar-refractivity contribution in [3.63, 3.8) is 0 Å². The van der Waals surface area contributed by atoms with E-state index in [0.717, 1.165) is 44.1 Å². The van der Waals surface area contributed by atoms with Gasteiger partial charge in [0.25, 0.3) is 0 Å². The first-order valence-corrected chi connectivity index (χ1v) is 6.76. The zero-order valence-electron chi connectivity index (χ0n) is 11.2. The lowest BCUT2D eigenvalue weighted by Crippen LogP contribution is -2.13. The molecule has 0 aliphatic carbocycles. The van der Waals surface area contributed by atoms with E-state index in [2.05, 4.69) is 33.1 Å². The number of rotatable bonds is 5. The summed E-state index contributed by atoms with van der Waals surface area (Å²) < 4.78 is 7.74. The second-order valence-corrected chi connectivity index (χ2v) is 4.86. The quantitative estimate of drug-likeness (QED) is 0.887. The molecule has 2 aromatic rings. The molecule has 0 saturated carbocycles. The molecule has 100 valence electrons. The summed E-state index contributed by atoms with van der Waals surface area (Å²) in [6.07, 6.45) is 5.98. The van der Waals surface area contributed by atoms with Gasteiger partial charge < -0.3 is 14.6 Å². The third-order valence-corrected chi connectivity index (χ3v) is 3.53. The lowest BCUT2D eigenvalue weighted by molar-refractivity contribution is 0.357. The second kappa shape index (κ2) is 5.45. The van der Waals surface area contributed by atoms with E-state index in [1.165, 1.54) is 11.1 Å². The number of nitrogens with zero attached hydrogens (tertiary/aromatic N) is 2. The van der Waals surface area contributed by atoms with Crippen LogP contribution in [-0.4, -0.2) is 23.2 Å². The van der Waals surface area contributed by atoms with Crippen LogP contribution in [0.3, 0.4) is 0 Å². The molecule has 0 unspecified atom stereocenters. The van der Waals surface area contributed by atoms with Gasteiger partial charge >= 0.3 is 0 Å². The topological polar surface area (TPSA) is 39.1 Å². The first-order chi connectivity index (χ1) is 9.36. The Hall–Kier alpha value is -1.81. The van der Waals surface area contributed by atoms with Crippen LogP contribution in [0.15, 0.2) is 30.6 Å². The predicted octanol–water partition coefficient (Wildman–Crippen LogP) is 1.78. The Labute approximate surface area is 113 Å². The monoisotopic (exact) mass is 257 g/mol. The first-order valence-electron chi connectivity index (χ1n) is 6.76. The zero-order chi connectivity index (χ0) is 13.1. The molecule has 4 nitrogen and oxygen atoms in total. The molecule has 0 saturated heterocycles. The van der Waals surface area contributed by atoms with Crippen molar-refractivity contribution in [2.24, 2.45) is 0 Å². The Morgan fingerprint density at radius 3 is 3.26 bits per heavy atom. The minimum Gasteiger partial charge on any atom is -0.493 e. The highest BCUT2D eigenvalue weighted by Crippen LogP contribution is 2.26. The molecule has 0 radical (unpaired) electrons. The molecule has 1 aliphatic rings. The van der Waals surface area contributed by atoms with Gasteiger partial charge in [-0.1, -0.05) is 12.1 Å². The van der Waals surface area contributed by atoms with Crippen molar-refractivity contribution in [1.29, 1.82) is 0 Å². The smallest absolute Gasteiger partial charge is 0.122 e. The molecule has 1 N–H and O–H groups in total. The fourth-order valence-electron chi connectivity index (χ4n) is 2.51. The van der Waals surface area contributed by atoms with E-state index in [1.807, 2.05) is 19.4 Å². The summed E-state index contributed by atoms with van der Waals surface area (Å²) in [6.45, 7) is 2.61. The third kappa shape index (κ3) is 2.63. The maximum atomic E-state index is 5.53. The van der Waals surface area contributed by atoms with E-state index in [9.17, 15) is 0 Å². The molecule has 0 spiro atoms. The van der Waals surface area contributed by atoms with Gasteiger partial charge in [0, 0.05) is 25.4 Å². The van der Waals surface area contributed by atoms with Crippen molar-refractivity contribution in [3.05, 3.63) is 47.5 Å². The summed E-state index contributed by atoms with van der Waals surface area (Å²) in [7, 11) is 1.94. The molecule has 0 bridgehead atoms. The normalized spacial score (nSPS) is 13.3. The SMILES string of the molecule is CNCc1nccn1CCc1ccc2c(c1)CCO2. The van der Waals surface area contributed by atoms with Gasteiger partial charge in [0.15, 0.2) is 0 Å². The number of hydrogen-bond acceptors (Lipinski definition) is 3. The van der Waals surface area contributed by atoms with Crippen molar-refractivity contribution < 1.29 is 4.74 Å². The molecule has 1 aromatic carbocycles. The third-order valence-electron chi connectivity index (χ3n) is 3.53. The van der Waals surface area contributed by atoms with Gasteiger partial charge in [-0.2, -0.15) is 0 Å². The minimum atomic E-state index is 0.811. The van der Waals surface area contributed by atoms with Gasteiger partial charge in [-0.3, -0.25) is 0 Å². The summed E-state index contributed by atoms with van der Waals surface area (Å²) in [4.78, 5) is 4.36. The fourth-order valence-corrected chi connectivity index (χ4v) is 2.51. The van der Waals surface area contributed by atoms with Crippen LogP contribution in [0.2, 0.25) is 0 Å². The van der Waals surface area contributed by atoms with Crippen LogP contribution in [0.1, 0.15) is 17.0 Å². The van der Waals surface area contributed by atoms with Gasteiger partial charge in [0.2, 0.25) is 0 Å². The van der Waals surface area contributed by atoms with Gasteiger partial charge in [0.05, 0.1) is 13.2 Å². The molecular formula is C15H19N3O. The highest BCUT2D eigenvalue weighted by atomic mass is 16.5. The Bertz CT molecular complexity index is 562. The number of aryl methyl sites for hydroxylation is 2. The van der Waals surface area contributed by atoms with Crippen molar-refractivity contribution in [2.45, 2.75) is 25.9 Å². The molecule has 0 fully saturated rings.